The quantitative estimate of drug-likeness (QED) is 0.0347. The summed E-state index contributed by atoms with van der Waals surface area (Å²) in [5.74, 6) is -0.257. The molecule has 2 aliphatic rings. The van der Waals surface area contributed by atoms with Gasteiger partial charge in [-0.2, -0.15) is 0 Å². The maximum atomic E-state index is 12.8. The third kappa shape index (κ3) is 21.9. The standard InChI is InChI=1S/C43H49N3O9S3.C43H49N3O6S2.3Na/c1-22(2)34-19-30(11-15-36(34)45-40-24(5)17-26(7)42(28(40)9)57(50,51)52)39(33-14-13-32(44)21-38(33)56(47,48)49)31-12-16-37(35(20-31)23(3)4)46-41-25(6)18-27(8)43(29(41)10)58(53,54)55;1-23(2)35-20-31(11-15-37(35)45-41-26(6)17-25(5)18-27(41)7)40(34-14-13-33(44)22-39(34)53(47,48)49)32-12-16-38(36(21-32)24(3)4)46-42-28(8)19-29(9)43(30(42)10)54(50,51)52;;;/h11-23,45H,44H2,1-10H3,(H,47,48,49)(H,50,51,52)(H,53,54,55);11-24,46H,44H2,1-10H3,(H,47,48,49)(H,50,51,52);;;/q;;3*+1/p-3. The number of rotatable bonds is 19. The molecule has 0 heterocycles. The topological polar surface area (TPSA) is 390 Å². The Morgan fingerprint density at radius 2 is 0.678 bits per heavy atom. The van der Waals surface area contributed by atoms with Crippen molar-refractivity contribution in [1.29, 1.82) is 0 Å². The Morgan fingerprint density at radius 3 is 1.00 bits per heavy atom. The number of nitrogen functional groups attached to an aromatic ring is 2. The zero-order valence-electron chi connectivity index (χ0n) is 69.4. The van der Waals surface area contributed by atoms with Crippen LogP contribution in [0, 0.1) is 94.9 Å². The van der Waals surface area contributed by atoms with Gasteiger partial charge in [0.2, 0.25) is 22.8 Å². The molecular weight excluding hydrogens is 1590 g/mol. The molecule has 0 fully saturated rings. The van der Waals surface area contributed by atoms with Gasteiger partial charge in [0.05, 0.1) is 24.5 Å². The van der Waals surface area contributed by atoms with Crippen LogP contribution in [0.3, 0.4) is 0 Å². The van der Waals surface area contributed by atoms with E-state index >= 15 is 0 Å². The van der Waals surface area contributed by atoms with Crippen molar-refractivity contribution in [3.8, 4) is 0 Å². The first-order chi connectivity index (χ1) is 51.8. The molecule has 0 radical (unpaired) electrons. The molecule has 0 spiro atoms. The van der Waals surface area contributed by atoms with Crippen LogP contribution in [-0.4, -0.2) is 76.3 Å². The fourth-order valence-electron chi connectivity index (χ4n) is 15.2. The van der Waals surface area contributed by atoms with E-state index in [1.807, 2.05) is 111 Å². The minimum Gasteiger partial charge on any atom is -0.744 e. The van der Waals surface area contributed by atoms with E-state index in [-0.39, 0.29) is 161 Å². The molecule has 2 aliphatic carbocycles. The smallest absolute Gasteiger partial charge is 0.744 e. The summed E-state index contributed by atoms with van der Waals surface area (Å²) >= 11 is 0. The summed E-state index contributed by atoms with van der Waals surface area (Å²) in [6, 6.07) is 28.7. The van der Waals surface area contributed by atoms with Gasteiger partial charge in [-0.3, -0.25) is 0 Å². The summed E-state index contributed by atoms with van der Waals surface area (Å²) in [4.78, 5) is 5.22. The van der Waals surface area contributed by atoms with E-state index in [9.17, 15) is 64.9 Å². The van der Waals surface area contributed by atoms with Crippen LogP contribution in [0.2, 0.25) is 0 Å². The predicted molar refractivity (Wildman–Crippen MR) is 439 cm³/mol. The Hall–Kier alpha value is -6.71. The minimum absolute atomic E-state index is 0. The molecule has 0 amide bonds. The molecule has 592 valence electrons. The average molecular weight is 1680 g/mol. The van der Waals surface area contributed by atoms with Gasteiger partial charge in [0.1, 0.15) is 50.6 Å². The summed E-state index contributed by atoms with van der Waals surface area (Å²) in [5, 5.41) is 6.76. The molecule has 0 unspecified atom stereocenters. The zero-order chi connectivity index (χ0) is 83.4. The SMILES string of the molecule is Cc1cc(C)c(S(=O)(=O)[O-])c(C)c1Nc1ccc(C(=C2C=CC(=[NH+]c3c(C)cc(C)c(S(=O)(=O)[O-])c3C)C(C(C)C)=C2)c2ccc(N)cc2S(=O)(=O)[O-])cc1C(C)C.Cc1cc(C)c([NH+]=C2C=CC(=C(c3ccc(Nc4c(C)cc(C)c(S(=O)(=O)[O-])c4C)c(C(C)C)c3)c3ccc(N)cc3S(=O)(=O)[O-])C=C2C(C)C)c(C)c1.[Na+].[Na+].[Na+]. The van der Waals surface area contributed by atoms with Gasteiger partial charge < -0.3 is 44.9 Å². The van der Waals surface area contributed by atoms with Crippen LogP contribution in [-0.2, 0) is 50.6 Å². The molecule has 10 rings (SSSR count). The Kier molecular flexibility index (Phi) is 31.8. The number of hydrogen-bond acceptors (Lipinski definition) is 19. The maximum Gasteiger partial charge on any atom is 1.00 e. The summed E-state index contributed by atoms with van der Waals surface area (Å²) in [7, 11) is -24.3. The van der Waals surface area contributed by atoms with Crippen LogP contribution in [0.5, 0.6) is 0 Å². The molecular formula is C86H95N6Na3O15S5. The van der Waals surface area contributed by atoms with Crippen molar-refractivity contribution >= 4 is 119 Å². The molecule has 0 saturated carbocycles. The number of nitrogens with two attached hydrogens (primary N) is 2. The summed E-state index contributed by atoms with van der Waals surface area (Å²) < 4.78 is 187. The molecule has 8 aromatic carbocycles. The van der Waals surface area contributed by atoms with Crippen LogP contribution in [0.25, 0.3) is 11.1 Å². The molecule has 0 aliphatic heterocycles. The van der Waals surface area contributed by atoms with Crippen molar-refractivity contribution in [3.63, 3.8) is 0 Å². The average Bonchev–Trinajstić information content (AvgIpc) is 0.767. The first kappa shape index (κ1) is 97.1. The second-order valence-electron chi connectivity index (χ2n) is 30.2. The van der Waals surface area contributed by atoms with Crippen molar-refractivity contribution in [2.24, 2.45) is 11.8 Å². The first-order valence-electron chi connectivity index (χ1n) is 36.2. The van der Waals surface area contributed by atoms with Gasteiger partial charge in [0.15, 0.2) is 0 Å². The van der Waals surface area contributed by atoms with Crippen molar-refractivity contribution < 1.29 is 164 Å². The van der Waals surface area contributed by atoms with Crippen molar-refractivity contribution in [2.75, 3.05) is 22.1 Å². The van der Waals surface area contributed by atoms with Gasteiger partial charge in [0, 0.05) is 90.8 Å². The molecule has 0 bridgehead atoms. The largest absolute Gasteiger partial charge is 1.00 e. The van der Waals surface area contributed by atoms with Gasteiger partial charge in [0.25, 0.3) is 0 Å². The number of anilines is 6. The molecule has 8 aromatic rings. The van der Waals surface area contributed by atoms with Crippen LogP contribution < -0.4 is 121 Å². The molecule has 0 atom stereocenters. The van der Waals surface area contributed by atoms with E-state index in [4.69, 9.17) is 11.5 Å². The van der Waals surface area contributed by atoms with Gasteiger partial charge >= 0.3 is 88.7 Å². The van der Waals surface area contributed by atoms with E-state index in [0.717, 1.165) is 67.6 Å². The zero-order valence-corrected chi connectivity index (χ0v) is 79.5. The Balaban J connectivity index is 0.000000349. The molecule has 0 saturated heterocycles. The third-order valence-corrected chi connectivity index (χ3v) is 25.2. The van der Waals surface area contributed by atoms with Crippen LogP contribution in [0.15, 0.2) is 186 Å². The van der Waals surface area contributed by atoms with Gasteiger partial charge in [-0.25, -0.2) is 52.1 Å². The van der Waals surface area contributed by atoms with Crippen molar-refractivity contribution in [2.45, 2.75) is 175 Å². The molecule has 29 heteroatoms. The molecule has 0 aromatic heterocycles. The predicted octanol–water partition coefficient (Wildman–Crippen LogP) is 5.12. The number of nitrogens with one attached hydrogen (secondary N) is 4. The van der Waals surface area contributed by atoms with Crippen LogP contribution in [0.1, 0.15) is 167 Å². The fourth-order valence-corrected chi connectivity index (χ4v) is 19.5. The Bertz CT molecular complexity index is 6130. The van der Waals surface area contributed by atoms with E-state index < -0.39 is 60.4 Å². The Labute approximate surface area is 745 Å². The summed E-state index contributed by atoms with van der Waals surface area (Å²) in [5.41, 5.74) is 32.1. The van der Waals surface area contributed by atoms with E-state index in [1.54, 1.807) is 96.2 Å². The van der Waals surface area contributed by atoms with E-state index in [1.165, 1.54) is 23.8 Å². The number of benzene rings is 8. The molecule has 115 heavy (non-hydrogen) atoms. The Morgan fingerprint density at radius 1 is 0.357 bits per heavy atom. The van der Waals surface area contributed by atoms with Crippen LogP contribution >= 0.6 is 0 Å². The number of allylic oxidation sites excluding steroid dienone is 10. The van der Waals surface area contributed by atoms with Gasteiger partial charge in [-0.15, -0.1) is 0 Å². The molecule has 8 N–H and O–H groups in total. The third-order valence-electron chi connectivity index (χ3n) is 20.1. The second-order valence-corrected chi connectivity index (χ2v) is 36.8. The fraction of sp³-hybridized carbons (Fsp3) is 0.279. The molecule has 21 nitrogen and oxygen atoms in total. The maximum absolute atomic E-state index is 12.8. The minimum atomic E-state index is -5.05. The van der Waals surface area contributed by atoms with Crippen molar-refractivity contribution in [3.05, 3.63) is 262 Å². The summed E-state index contributed by atoms with van der Waals surface area (Å²) in [6.45, 7) is 37.2. The van der Waals surface area contributed by atoms with E-state index in [0.29, 0.717) is 89.8 Å². The first-order valence-corrected chi connectivity index (χ1v) is 43.2. The summed E-state index contributed by atoms with van der Waals surface area (Å²) in [6.07, 6.45) is 11.3. The van der Waals surface area contributed by atoms with Crippen molar-refractivity contribution in [1.82, 2.24) is 0 Å². The van der Waals surface area contributed by atoms with Crippen LogP contribution in [0.4, 0.5) is 45.5 Å². The van der Waals surface area contributed by atoms with E-state index in [2.05, 4.69) is 67.4 Å². The normalized spacial score (nSPS) is 14.9. The second kappa shape index (κ2) is 37.7. The van der Waals surface area contributed by atoms with Gasteiger partial charge in [-0.1, -0.05) is 97.4 Å². The number of aryl methyl sites for hydroxylation is 9. The number of hydrogen-bond donors (Lipinski definition) is 6. The van der Waals surface area contributed by atoms with Gasteiger partial charge in [-0.05, 0) is 281 Å². The monoisotopic (exact) mass is 1680 g/mol.